The summed E-state index contributed by atoms with van der Waals surface area (Å²) < 4.78 is 40.4. The van der Waals surface area contributed by atoms with E-state index in [-0.39, 0.29) is 5.56 Å². The number of rotatable bonds is 5. The summed E-state index contributed by atoms with van der Waals surface area (Å²) in [6, 6.07) is 1.40. The van der Waals surface area contributed by atoms with Gasteiger partial charge in [-0.05, 0) is 29.7 Å². The number of allylic oxidation sites excluding steroid dienone is 4. The summed E-state index contributed by atoms with van der Waals surface area (Å²) in [7, 11) is 0. The fourth-order valence-corrected chi connectivity index (χ4v) is 2.98. The molecule has 0 fully saturated rings. The fourth-order valence-electron chi connectivity index (χ4n) is 2.74. The van der Waals surface area contributed by atoms with Gasteiger partial charge in [0.25, 0.3) is 0 Å². The Morgan fingerprint density at radius 3 is 2.54 bits per heavy atom. The lowest BCUT2D eigenvalue weighted by Gasteiger charge is -2.25. The average Bonchev–Trinajstić information content (AvgIpc) is 2.48. The Morgan fingerprint density at radius 2 is 1.96 bits per heavy atom. The van der Waals surface area contributed by atoms with E-state index in [1.165, 1.54) is 12.2 Å². The number of carbonyl (C=O) groups is 2. The van der Waals surface area contributed by atoms with Crippen LogP contribution in [-0.2, 0) is 9.59 Å². The first-order valence-electron chi connectivity index (χ1n) is 7.16. The van der Waals surface area contributed by atoms with Crippen LogP contribution in [0.1, 0.15) is 24.8 Å². The summed E-state index contributed by atoms with van der Waals surface area (Å²) in [5.74, 6) is -7.11. The van der Waals surface area contributed by atoms with Crippen LogP contribution in [0.5, 0.6) is 0 Å². The van der Waals surface area contributed by atoms with E-state index in [0.717, 1.165) is 12.1 Å². The lowest BCUT2D eigenvalue weighted by atomic mass is 9.78. The molecule has 1 aliphatic carbocycles. The first kappa shape index (κ1) is 18.3. The Morgan fingerprint density at radius 1 is 1.29 bits per heavy atom. The summed E-state index contributed by atoms with van der Waals surface area (Å²) in [5, 5.41) is 8.56. The molecule has 128 valence electrons. The molecule has 0 bridgehead atoms. The zero-order valence-corrected chi connectivity index (χ0v) is 13.4. The van der Waals surface area contributed by atoms with Crippen LogP contribution in [-0.4, -0.2) is 16.9 Å². The van der Waals surface area contributed by atoms with Crippen LogP contribution in [0, 0.1) is 23.5 Å². The lowest BCUT2D eigenvalue weighted by Crippen LogP contribution is -2.28. The van der Waals surface area contributed by atoms with E-state index in [1.807, 2.05) is 0 Å². The summed E-state index contributed by atoms with van der Waals surface area (Å²) in [4.78, 5) is 23.9. The second-order valence-corrected chi connectivity index (χ2v) is 6.02. The average molecular weight is 359 g/mol. The van der Waals surface area contributed by atoms with E-state index in [9.17, 15) is 22.8 Å². The summed E-state index contributed by atoms with van der Waals surface area (Å²) in [6.45, 7) is 1.59. The molecule has 0 aromatic heterocycles. The van der Waals surface area contributed by atoms with Gasteiger partial charge in [0.1, 0.15) is 23.2 Å². The molecule has 0 amide bonds. The number of Topliss-reactive ketones (excluding diaryl/α,β-unsaturated/α-hetero) is 1. The molecule has 2 rings (SSSR count). The molecule has 3 nitrogen and oxygen atoms in total. The molecule has 0 spiro atoms. The van der Waals surface area contributed by atoms with Gasteiger partial charge >= 0.3 is 5.97 Å². The minimum Gasteiger partial charge on any atom is -0.481 e. The highest BCUT2D eigenvalue weighted by atomic mass is 35.5. The van der Waals surface area contributed by atoms with Gasteiger partial charge < -0.3 is 5.11 Å². The first-order chi connectivity index (χ1) is 11.2. The van der Waals surface area contributed by atoms with Crippen molar-refractivity contribution in [3.05, 3.63) is 58.4 Å². The third-order valence-corrected chi connectivity index (χ3v) is 4.30. The van der Waals surface area contributed by atoms with Gasteiger partial charge in [0.05, 0.1) is 17.4 Å². The highest BCUT2D eigenvalue weighted by molar-refractivity contribution is 6.31. The maximum absolute atomic E-state index is 13.7. The van der Waals surface area contributed by atoms with Crippen molar-refractivity contribution in [2.75, 3.05) is 0 Å². The molecule has 1 aliphatic rings. The number of hydrogen-bond acceptors (Lipinski definition) is 2. The predicted octanol–water partition coefficient (Wildman–Crippen LogP) is 4.42. The molecule has 0 heterocycles. The van der Waals surface area contributed by atoms with Gasteiger partial charge in [-0.2, -0.15) is 0 Å². The van der Waals surface area contributed by atoms with Crippen LogP contribution < -0.4 is 0 Å². The molecule has 3 atom stereocenters. The topological polar surface area (TPSA) is 54.4 Å². The minimum atomic E-state index is -1.34. The molecule has 7 heteroatoms. The number of benzene rings is 1. The van der Waals surface area contributed by atoms with Crippen molar-refractivity contribution < 1.29 is 27.9 Å². The van der Waals surface area contributed by atoms with E-state index < -0.39 is 58.4 Å². The van der Waals surface area contributed by atoms with E-state index in [0.29, 0.717) is 6.07 Å². The van der Waals surface area contributed by atoms with Crippen molar-refractivity contribution in [1.29, 1.82) is 0 Å². The maximum atomic E-state index is 13.7. The molecule has 3 unspecified atom stereocenters. The van der Waals surface area contributed by atoms with Crippen molar-refractivity contribution in [1.82, 2.24) is 0 Å². The zero-order chi connectivity index (χ0) is 18.0. The van der Waals surface area contributed by atoms with Gasteiger partial charge in [0.2, 0.25) is 0 Å². The van der Waals surface area contributed by atoms with Gasteiger partial charge in [-0.1, -0.05) is 24.6 Å². The number of carbonyl (C=O) groups excluding carboxylic acids is 1. The Labute approximate surface area is 141 Å². The van der Waals surface area contributed by atoms with Crippen molar-refractivity contribution in [2.24, 2.45) is 11.8 Å². The maximum Gasteiger partial charge on any atom is 0.304 e. The number of carboxylic acid groups (broad SMARTS) is 1. The van der Waals surface area contributed by atoms with Crippen molar-refractivity contribution >= 4 is 23.4 Å². The van der Waals surface area contributed by atoms with Gasteiger partial charge in [0, 0.05) is 12.0 Å². The highest BCUT2D eigenvalue weighted by Gasteiger charge is 2.34. The molecule has 24 heavy (non-hydrogen) atoms. The molecule has 0 saturated heterocycles. The molecular formula is C17H14ClF3O3. The zero-order valence-electron chi connectivity index (χ0n) is 12.6. The molecule has 0 aliphatic heterocycles. The Balaban J connectivity index is 2.45. The molecule has 1 aromatic carbocycles. The van der Waals surface area contributed by atoms with Crippen molar-refractivity contribution in [3.8, 4) is 0 Å². The van der Waals surface area contributed by atoms with Crippen LogP contribution in [0.3, 0.4) is 0 Å². The van der Waals surface area contributed by atoms with Gasteiger partial charge in [0.15, 0.2) is 0 Å². The van der Waals surface area contributed by atoms with Gasteiger partial charge in [-0.3, -0.25) is 9.59 Å². The summed E-state index contributed by atoms with van der Waals surface area (Å²) >= 11 is 5.81. The number of aliphatic carboxylic acids is 1. The smallest absolute Gasteiger partial charge is 0.304 e. The van der Waals surface area contributed by atoms with Crippen LogP contribution >= 0.6 is 11.6 Å². The lowest BCUT2D eigenvalue weighted by molar-refractivity contribution is -0.139. The fraction of sp³-hybridized carbons (Fsp3) is 0.294. The SMILES string of the molecule is CC1C=C(F)C=CC1C(=O)C(CC(=O)O)c1cc(F)cc(F)c1Cl. The number of carboxylic acids is 1. The number of halogens is 4. The standard InChI is InChI=1S/C17H14ClF3O3/c1-8-4-9(19)2-3-11(8)17(24)13(7-15(22)23)12-5-10(20)6-14(21)16(12)18/h2-6,8,11,13H,7H2,1H3,(H,22,23). The molecular weight excluding hydrogens is 345 g/mol. The third-order valence-electron chi connectivity index (χ3n) is 3.90. The Hall–Kier alpha value is -2.08. The number of hydrogen-bond donors (Lipinski definition) is 1. The van der Waals surface area contributed by atoms with Crippen molar-refractivity contribution in [2.45, 2.75) is 19.3 Å². The summed E-state index contributed by atoms with van der Waals surface area (Å²) in [6.07, 6.45) is 2.98. The monoisotopic (exact) mass is 358 g/mol. The van der Waals surface area contributed by atoms with Crippen LogP contribution in [0.4, 0.5) is 13.2 Å². The van der Waals surface area contributed by atoms with E-state index >= 15 is 0 Å². The van der Waals surface area contributed by atoms with E-state index in [2.05, 4.69) is 0 Å². The van der Waals surface area contributed by atoms with E-state index in [4.69, 9.17) is 16.7 Å². The minimum absolute atomic E-state index is 0.225. The van der Waals surface area contributed by atoms with Crippen LogP contribution in [0.25, 0.3) is 0 Å². The first-order valence-corrected chi connectivity index (χ1v) is 7.54. The van der Waals surface area contributed by atoms with Crippen molar-refractivity contribution in [3.63, 3.8) is 0 Å². The second-order valence-electron chi connectivity index (χ2n) is 5.64. The number of ketones is 1. The predicted molar refractivity (Wildman–Crippen MR) is 82.4 cm³/mol. The normalized spacial score (nSPS) is 21.3. The molecule has 0 radical (unpaired) electrons. The molecule has 0 saturated carbocycles. The van der Waals surface area contributed by atoms with Crippen LogP contribution in [0.15, 0.2) is 36.2 Å². The molecule has 1 N–H and O–H groups in total. The molecule has 1 aromatic rings. The highest BCUT2D eigenvalue weighted by Crippen LogP contribution is 2.36. The van der Waals surface area contributed by atoms with E-state index in [1.54, 1.807) is 6.92 Å². The third kappa shape index (κ3) is 3.87. The second kappa shape index (κ2) is 7.21. The summed E-state index contributed by atoms with van der Waals surface area (Å²) in [5.41, 5.74) is -0.225. The van der Waals surface area contributed by atoms with Crippen LogP contribution in [0.2, 0.25) is 5.02 Å². The largest absolute Gasteiger partial charge is 0.481 e. The van der Waals surface area contributed by atoms with Gasteiger partial charge in [-0.25, -0.2) is 13.2 Å². The van der Waals surface area contributed by atoms with Gasteiger partial charge in [-0.15, -0.1) is 0 Å². The Bertz CT molecular complexity index is 743. The quantitative estimate of drug-likeness (QED) is 0.793. The Kier molecular flexibility index (Phi) is 5.49.